The molecule has 2 rings (SSSR count). The maximum Gasteiger partial charge on any atom is 0.189 e. The molecule has 0 spiro atoms. The SMILES string of the molecule is O=S(O)(=S)c1ncccc1-c1ccccn1. The number of pyridine rings is 2. The zero-order valence-electron chi connectivity index (χ0n) is 8.11. The number of aromatic nitrogens is 2. The normalized spacial score (nSPS) is 14.3. The Morgan fingerprint density at radius 3 is 2.50 bits per heavy atom. The standard InChI is InChI=1S/C10H8N2O2S2/c13-16(14,15)10-8(4-3-7-12-10)9-5-1-2-6-11-9/h1-7H,(H,13,14,15). The molecule has 2 aromatic heterocycles. The van der Waals surface area contributed by atoms with Crippen molar-refractivity contribution in [2.75, 3.05) is 0 Å². The highest BCUT2D eigenvalue weighted by Gasteiger charge is 2.14. The quantitative estimate of drug-likeness (QED) is 0.881. The van der Waals surface area contributed by atoms with Crippen LogP contribution in [0.15, 0.2) is 47.8 Å². The predicted octanol–water partition coefficient (Wildman–Crippen LogP) is 1.72. The summed E-state index contributed by atoms with van der Waals surface area (Å²) in [6, 6.07) is 8.65. The first-order valence-corrected chi connectivity index (χ1v) is 6.87. The van der Waals surface area contributed by atoms with Gasteiger partial charge in [0.2, 0.25) is 0 Å². The van der Waals surface area contributed by atoms with Gasteiger partial charge in [0.1, 0.15) is 0 Å². The molecule has 2 aromatic rings. The summed E-state index contributed by atoms with van der Waals surface area (Å²) in [5.74, 6) is 0. The minimum atomic E-state index is -3.50. The second kappa shape index (κ2) is 4.25. The third-order valence-electron chi connectivity index (χ3n) is 1.96. The average Bonchev–Trinajstić information content (AvgIpc) is 2.29. The molecule has 1 atom stereocenters. The highest BCUT2D eigenvalue weighted by Crippen LogP contribution is 2.22. The fourth-order valence-electron chi connectivity index (χ4n) is 1.31. The van der Waals surface area contributed by atoms with Gasteiger partial charge in [-0.15, -0.1) is 0 Å². The lowest BCUT2D eigenvalue weighted by molar-refractivity contribution is 0.558. The summed E-state index contributed by atoms with van der Waals surface area (Å²) >= 11 is 4.53. The highest BCUT2D eigenvalue weighted by molar-refractivity contribution is 8.29. The molecule has 16 heavy (non-hydrogen) atoms. The topological polar surface area (TPSA) is 63.1 Å². The average molecular weight is 252 g/mol. The molecule has 0 aliphatic rings. The van der Waals surface area contributed by atoms with Gasteiger partial charge in [0, 0.05) is 29.1 Å². The van der Waals surface area contributed by atoms with Crippen molar-refractivity contribution in [3.63, 3.8) is 0 Å². The molecule has 0 aliphatic carbocycles. The van der Waals surface area contributed by atoms with Crippen LogP contribution in [0.4, 0.5) is 0 Å². The second-order valence-electron chi connectivity index (χ2n) is 3.05. The molecule has 0 saturated carbocycles. The van der Waals surface area contributed by atoms with E-state index in [1.165, 1.54) is 6.20 Å². The van der Waals surface area contributed by atoms with Crippen LogP contribution >= 0.6 is 0 Å². The van der Waals surface area contributed by atoms with Crippen LogP contribution in [0.3, 0.4) is 0 Å². The monoisotopic (exact) mass is 252 g/mol. The Morgan fingerprint density at radius 2 is 1.88 bits per heavy atom. The summed E-state index contributed by atoms with van der Waals surface area (Å²) < 4.78 is 20.8. The number of hydrogen-bond donors (Lipinski definition) is 1. The van der Waals surface area contributed by atoms with Crippen molar-refractivity contribution < 1.29 is 8.76 Å². The lowest BCUT2D eigenvalue weighted by Crippen LogP contribution is -2.02. The molecule has 1 N–H and O–H groups in total. The van der Waals surface area contributed by atoms with Crippen molar-refractivity contribution in [2.24, 2.45) is 0 Å². The van der Waals surface area contributed by atoms with Crippen LogP contribution in [-0.2, 0) is 20.0 Å². The molecule has 6 heteroatoms. The molecule has 0 amide bonds. The number of hydrogen-bond acceptors (Lipinski definition) is 4. The molecular weight excluding hydrogens is 244 g/mol. The molecule has 0 radical (unpaired) electrons. The van der Waals surface area contributed by atoms with Crippen LogP contribution in [0.5, 0.6) is 0 Å². The highest BCUT2D eigenvalue weighted by atomic mass is 32.8. The maximum absolute atomic E-state index is 11.5. The largest absolute Gasteiger partial charge is 0.301 e. The van der Waals surface area contributed by atoms with Gasteiger partial charge in [-0.3, -0.25) is 4.98 Å². The summed E-state index contributed by atoms with van der Waals surface area (Å²) in [4.78, 5) is 7.96. The number of nitrogens with zero attached hydrogens (tertiary/aromatic N) is 2. The minimum Gasteiger partial charge on any atom is -0.301 e. The summed E-state index contributed by atoms with van der Waals surface area (Å²) in [7, 11) is -3.50. The van der Waals surface area contributed by atoms with Crippen LogP contribution < -0.4 is 0 Å². The van der Waals surface area contributed by atoms with Gasteiger partial charge in [-0.2, -0.15) is 0 Å². The van der Waals surface area contributed by atoms with Gasteiger partial charge in [0.05, 0.1) is 5.69 Å². The summed E-state index contributed by atoms with van der Waals surface area (Å²) in [5.41, 5.74) is 1.07. The molecule has 0 aliphatic heterocycles. The van der Waals surface area contributed by atoms with Gasteiger partial charge in [0.25, 0.3) is 0 Å². The van der Waals surface area contributed by atoms with Gasteiger partial charge in [-0.1, -0.05) is 6.07 Å². The van der Waals surface area contributed by atoms with Crippen molar-refractivity contribution in [3.05, 3.63) is 42.7 Å². The first kappa shape index (κ1) is 11.1. The van der Waals surface area contributed by atoms with Crippen LogP contribution in [0.2, 0.25) is 0 Å². The molecule has 0 aromatic carbocycles. The minimum absolute atomic E-state index is 0.0105. The first-order chi connectivity index (χ1) is 7.59. The van der Waals surface area contributed by atoms with Gasteiger partial charge in [-0.25, -0.2) is 9.19 Å². The van der Waals surface area contributed by atoms with Gasteiger partial charge >= 0.3 is 0 Å². The predicted molar refractivity (Wildman–Crippen MR) is 63.9 cm³/mol. The second-order valence-corrected chi connectivity index (χ2v) is 5.74. The Labute approximate surface area is 97.9 Å². The van der Waals surface area contributed by atoms with Crippen LogP contribution in [0, 0.1) is 0 Å². The van der Waals surface area contributed by atoms with E-state index in [4.69, 9.17) is 0 Å². The summed E-state index contributed by atoms with van der Waals surface area (Å²) in [5, 5.41) is -0.0105. The third kappa shape index (κ3) is 2.24. The molecule has 82 valence electrons. The molecule has 0 saturated heterocycles. The van der Waals surface area contributed by atoms with E-state index in [1.807, 2.05) is 0 Å². The first-order valence-electron chi connectivity index (χ1n) is 4.43. The van der Waals surface area contributed by atoms with Crippen molar-refractivity contribution in [1.82, 2.24) is 9.97 Å². The lowest BCUT2D eigenvalue weighted by Gasteiger charge is -2.05. The van der Waals surface area contributed by atoms with E-state index in [0.29, 0.717) is 11.3 Å². The molecule has 4 nitrogen and oxygen atoms in total. The van der Waals surface area contributed by atoms with E-state index >= 15 is 0 Å². The van der Waals surface area contributed by atoms with Gasteiger partial charge < -0.3 is 4.55 Å². The molecular formula is C10H8N2O2S2. The van der Waals surface area contributed by atoms with Crippen molar-refractivity contribution in [1.29, 1.82) is 0 Å². The Bertz CT molecular complexity index is 597. The molecule has 1 unspecified atom stereocenters. The van der Waals surface area contributed by atoms with Crippen molar-refractivity contribution in [3.8, 4) is 11.3 Å². The fraction of sp³-hybridized carbons (Fsp3) is 0. The zero-order valence-corrected chi connectivity index (χ0v) is 9.74. The Hall–Kier alpha value is -1.37. The summed E-state index contributed by atoms with van der Waals surface area (Å²) in [6.07, 6.45) is 3.04. The van der Waals surface area contributed by atoms with Crippen LogP contribution in [0.1, 0.15) is 0 Å². The van der Waals surface area contributed by atoms with E-state index in [2.05, 4.69) is 21.2 Å². The number of rotatable bonds is 2. The van der Waals surface area contributed by atoms with Crippen molar-refractivity contribution in [2.45, 2.75) is 5.03 Å². The van der Waals surface area contributed by atoms with E-state index < -0.39 is 8.77 Å². The maximum atomic E-state index is 11.5. The van der Waals surface area contributed by atoms with E-state index in [-0.39, 0.29) is 5.03 Å². The van der Waals surface area contributed by atoms with Gasteiger partial charge in [-0.05, 0) is 24.3 Å². The zero-order chi connectivity index (χ0) is 11.6. The Kier molecular flexibility index (Phi) is 2.95. The summed E-state index contributed by atoms with van der Waals surface area (Å²) in [6.45, 7) is 0. The Morgan fingerprint density at radius 1 is 1.12 bits per heavy atom. The van der Waals surface area contributed by atoms with E-state index in [9.17, 15) is 8.76 Å². The van der Waals surface area contributed by atoms with E-state index in [1.54, 1.807) is 36.5 Å². The third-order valence-corrected chi connectivity index (χ3v) is 3.24. The smallest absolute Gasteiger partial charge is 0.189 e. The lowest BCUT2D eigenvalue weighted by atomic mass is 10.2. The van der Waals surface area contributed by atoms with Crippen LogP contribution in [-0.4, -0.2) is 18.7 Å². The van der Waals surface area contributed by atoms with Crippen LogP contribution in [0.25, 0.3) is 11.3 Å². The molecule has 2 heterocycles. The Balaban J connectivity index is 2.68. The molecule has 0 bridgehead atoms. The van der Waals surface area contributed by atoms with Crippen molar-refractivity contribution >= 4 is 20.0 Å². The molecule has 0 fully saturated rings. The van der Waals surface area contributed by atoms with E-state index in [0.717, 1.165) is 0 Å². The van der Waals surface area contributed by atoms with Gasteiger partial charge in [0.15, 0.2) is 13.8 Å². The fourth-order valence-corrected chi connectivity index (χ4v) is 2.36.